The Morgan fingerprint density at radius 1 is 1.36 bits per heavy atom. The van der Waals surface area contributed by atoms with E-state index in [0.29, 0.717) is 10.9 Å². The topological polar surface area (TPSA) is 30.7 Å². The zero-order valence-corrected chi connectivity index (χ0v) is 8.70. The fourth-order valence-electron chi connectivity index (χ4n) is 1.17. The van der Waals surface area contributed by atoms with E-state index in [4.69, 9.17) is 23.2 Å². The molecule has 2 aromatic rings. The number of rotatable bonds is 2. The number of benzene rings is 1. The van der Waals surface area contributed by atoms with Gasteiger partial charge >= 0.3 is 0 Å². The van der Waals surface area contributed by atoms with E-state index >= 15 is 0 Å². The van der Waals surface area contributed by atoms with Gasteiger partial charge in [0.25, 0.3) is 0 Å². The first-order valence-corrected chi connectivity index (χ1v) is 4.94. The van der Waals surface area contributed by atoms with Gasteiger partial charge in [-0.2, -0.15) is 0 Å². The lowest BCUT2D eigenvalue weighted by Gasteiger charge is -2.03. The monoisotopic (exact) mass is 227 g/mol. The molecule has 0 bridgehead atoms. The molecule has 1 heterocycles. The number of hydrogen-bond acceptors (Lipinski definition) is 2. The maximum absolute atomic E-state index is 5.86. The summed E-state index contributed by atoms with van der Waals surface area (Å²) in [5.41, 5.74) is 1.71. The predicted octanol–water partition coefficient (Wildman–Crippen LogP) is 2.66. The Bertz CT molecular complexity index is 439. The molecule has 14 heavy (non-hydrogen) atoms. The van der Waals surface area contributed by atoms with Crippen LogP contribution in [0.4, 0.5) is 0 Å². The van der Waals surface area contributed by atoms with Crippen LogP contribution in [0.5, 0.6) is 0 Å². The van der Waals surface area contributed by atoms with Crippen LogP contribution in [-0.4, -0.2) is 15.0 Å². The number of nitrogens with zero attached hydrogens (tertiary/aromatic N) is 3. The molecule has 1 aromatic carbocycles. The molecular weight excluding hydrogens is 221 g/mol. The molecule has 5 heteroatoms. The molecule has 1 aromatic heterocycles. The van der Waals surface area contributed by atoms with Crippen LogP contribution in [0.25, 0.3) is 5.69 Å². The molecule has 3 nitrogen and oxygen atoms in total. The van der Waals surface area contributed by atoms with E-state index in [1.165, 1.54) is 0 Å². The third kappa shape index (κ3) is 1.74. The molecule has 2 rings (SSSR count). The fraction of sp³-hybridized carbons (Fsp3) is 0.111. The highest BCUT2D eigenvalue weighted by atomic mass is 35.5. The first kappa shape index (κ1) is 9.49. The summed E-state index contributed by atoms with van der Waals surface area (Å²) in [5.74, 6) is 0.375. The first-order chi connectivity index (χ1) is 6.81. The summed E-state index contributed by atoms with van der Waals surface area (Å²) in [5, 5.41) is 8.37. The van der Waals surface area contributed by atoms with Crippen molar-refractivity contribution < 1.29 is 0 Å². The number of alkyl halides is 1. The zero-order chi connectivity index (χ0) is 9.97. The SMILES string of the molecule is ClCc1cnnn1-c1cccc(Cl)c1. The molecule has 0 saturated heterocycles. The second kappa shape index (κ2) is 3.98. The molecule has 0 radical (unpaired) electrons. The quantitative estimate of drug-likeness (QED) is 0.739. The number of aromatic nitrogens is 3. The molecule has 0 N–H and O–H groups in total. The van der Waals surface area contributed by atoms with Crippen LogP contribution in [-0.2, 0) is 5.88 Å². The molecule has 0 spiro atoms. The molecule has 0 saturated carbocycles. The third-order valence-electron chi connectivity index (χ3n) is 1.81. The van der Waals surface area contributed by atoms with E-state index in [-0.39, 0.29) is 0 Å². The lowest BCUT2D eigenvalue weighted by Crippen LogP contribution is -2.00. The van der Waals surface area contributed by atoms with Crippen LogP contribution < -0.4 is 0 Å². The summed E-state index contributed by atoms with van der Waals surface area (Å²) >= 11 is 11.6. The maximum Gasteiger partial charge on any atom is 0.0793 e. The van der Waals surface area contributed by atoms with Crippen molar-refractivity contribution in [1.82, 2.24) is 15.0 Å². The van der Waals surface area contributed by atoms with Crippen molar-refractivity contribution in [2.24, 2.45) is 0 Å². The van der Waals surface area contributed by atoms with E-state index in [9.17, 15) is 0 Å². The van der Waals surface area contributed by atoms with E-state index in [1.807, 2.05) is 24.3 Å². The highest BCUT2D eigenvalue weighted by Crippen LogP contribution is 2.15. The minimum Gasteiger partial charge on any atom is -0.216 e. The lowest BCUT2D eigenvalue weighted by atomic mass is 10.3. The van der Waals surface area contributed by atoms with Crippen molar-refractivity contribution in [2.45, 2.75) is 5.88 Å². The van der Waals surface area contributed by atoms with Crippen molar-refractivity contribution >= 4 is 23.2 Å². The standard InChI is InChI=1S/C9H7Cl2N3/c10-5-9-6-12-13-14(9)8-3-1-2-7(11)4-8/h1-4,6H,5H2. The van der Waals surface area contributed by atoms with E-state index in [2.05, 4.69) is 10.3 Å². The third-order valence-corrected chi connectivity index (χ3v) is 2.32. The van der Waals surface area contributed by atoms with Crippen molar-refractivity contribution in [2.75, 3.05) is 0 Å². The summed E-state index contributed by atoms with van der Waals surface area (Å²) in [7, 11) is 0. The van der Waals surface area contributed by atoms with Crippen LogP contribution in [0.15, 0.2) is 30.5 Å². The highest BCUT2D eigenvalue weighted by Gasteiger charge is 2.04. The Morgan fingerprint density at radius 3 is 2.93 bits per heavy atom. The van der Waals surface area contributed by atoms with Crippen molar-refractivity contribution in [3.8, 4) is 5.69 Å². The summed E-state index contributed by atoms with van der Waals surface area (Å²) < 4.78 is 1.67. The van der Waals surface area contributed by atoms with Gasteiger partial charge in [-0.15, -0.1) is 16.7 Å². The van der Waals surface area contributed by atoms with Gasteiger partial charge in [0, 0.05) is 5.02 Å². The Balaban J connectivity index is 2.49. The lowest BCUT2D eigenvalue weighted by molar-refractivity contribution is 0.781. The summed E-state index contributed by atoms with van der Waals surface area (Å²) in [6, 6.07) is 7.38. The Hall–Kier alpha value is -1.06. The van der Waals surface area contributed by atoms with E-state index < -0.39 is 0 Å². The van der Waals surface area contributed by atoms with Crippen LogP contribution in [0.2, 0.25) is 5.02 Å². The van der Waals surface area contributed by atoms with Crippen molar-refractivity contribution in [3.05, 3.63) is 41.2 Å². The summed E-state index contributed by atoms with van der Waals surface area (Å²) in [4.78, 5) is 0. The molecule has 0 unspecified atom stereocenters. The van der Waals surface area contributed by atoms with Crippen molar-refractivity contribution in [3.63, 3.8) is 0 Å². The first-order valence-electron chi connectivity index (χ1n) is 4.03. The molecule has 0 atom stereocenters. The maximum atomic E-state index is 5.86. The van der Waals surface area contributed by atoms with E-state index in [0.717, 1.165) is 11.4 Å². The van der Waals surface area contributed by atoms with Gasteiger partial charge < -0.3 is 0 Å². The van der Waals surface area contributed by atoms with Gasteiger partial charge in [-0.1, -0.05) is 22.9 Å². The summed E-state index contributed by atoms with van der Waals surface area (Å²) in [6.07, 6.45) is 1.63. The average Bonchev–Trinajstić information content (AvgIpc) is 2.65. The number of hydrogen-bond donors (Lipinski definition) is 0. The van der Waals surface area contributed by atoms with Gasteiger partial charge in [-0.05, 0) is 18.2 Å². The van der Waals surface area contributed by atoms with Crippen LogP contribution in [0.3, 0.4) is 0 Å². The van der Waals surface area contributed by atoms with Gasteiger partial charge in [0.1, 0.15) is 0 Å². The zero-order valence-electron chi connectivity index (χ0n) is 7.19. The normalized spacial score (nSPS) is 10.4. The van der Waals surface area contributed by atoms with Gasteiger partial charge in [0.2, 0.25) is 0 Å². The Morgan fingerprint density at radius 2 is 2.21 bits per heavy atom. The molecule has 0 aliphatic heterocycles. The number of halogens is 2. The molecular formula is C9H7Cl2N3. The Kier molecular flexibility index (Phi) is 2.70. The minimum absolute atomic E-state index is 0.375. The second-order valence-corrected chi connectivity index (χ2v) is 3.45. The second-order valence-electron chi connectivity index (χ2n) is 2.75. The predicted molar refractivity (Wildman–Crippen MR) is 55.9 cm³/mol. The average molecular weight is 228 g/mol. The smallest absolute Gasteiger partial charge is 0.0793 e. The highest BCUT2D eigenvalue weighted by molar-refractivity contribution is 6.30. The molecule has 0 aliphatic carbocycles. The molecule has 0 fully saturated rings. The molecule has 0 aliphatic rings. The van der Waals surface area contributed by atoms with Gasteiger partial charge in [0.05, 0.1) is 23.5 Å². The van der Waals surface area contributed by atoms with Crippen LogP contribution >= 0.6 is 23.2 Å². The molecule has 72 valence electrons. The van der Waals surface area contributed by atoms with Crippen LogP contribution in [0, 0.1) is 0 Å². The largest absolute Gasteiger partial charge is 0.216 e. The van der Waals surface area contributed by atoms with Gasteiger partial charge in [-0.3, -0.25) is 0 Å². The van der Waals surface area contributed by atoms with Gasteiger partial charge in [0.15, 0.2) is 0 Å². The van der Waals surface area contributed by atoms with Crippen molar-refractivity contribution in [1.29, 1.82) is 0 Å². The summed E-state index contributed by atoms with van der Waals surface area (Å²) in [6.45, 7) is 0. The fourth-order valence-corrected chi connectivity index (χ4v) is 1.54. The Labute approximate surface area is 91.3 Å². The van der Waals surface area contributed by atoms with E-state index in [1.54, 1.807) is 10.9 Å². The minimum atomic E-state index is 0.375. The van der Waals surface area contributed by atoms with Crippen LogP contribution in [0.1, 0.15) is 5.69 Å². The molecule has 0 amide bonds. The van der Waals surface area contributed by atoms with Gasteiger partial charge in [-0.25, -0.2) is 4.68 Å².